The van der Waals surface area contributed by atoms with Crippen LogP contribution in [0.4, 0.5) is 0 Å². The van der Waals surface area contributed by atoms with Crippen molar-refractivity contribution in [2.75, 3.05) is 26.2 Å². The fraction of sp³-hybridized carbons (Fsp3) is 0.462. The van der Waals surface area contributed by atoms with E-state index in [1.165, 1.54) is 6.07 Å². The molecule has 4 nitrogen and oxygen atoms in total. The molecule has 17 heavy (non-hydrogen) atoms. The van der Waals surface area contributed by atoms with Crippen LogP contribution in [0.15, 0.2) is 24.3 Å². The van der Waals surface area contributed by atoms with Gasteiger partial charge >= 0.3 is 0 Å². The maximum Gasteiger partial charge on any atom is 0.254 e. The Morgan fingerprint density at radius 1 is 1.29 bits per heavy atom. The van der Waals surface area contributed by atoms with Crippen LogP contribution in [0.2, 0.25) is 0 Å². The topological polar surface area (TPSA) is 52.6 Å². The molecule has 0 aliphatic carbocycles. The first-order valence-corrected chi connectivity index (χ1v) is 6.03. The molecule has 0 aromatic heterocycles. The van der Waals surface area contributed by atoms with Crippen molar-refractivity contribution in [2.24, 2.45) is 11.8 Å². The average molecular weight is 232 g/mol. The van der Waals surface area contributed by atoms with E-state index < -0.39 is 0 Å². The Morgan fingerprint density at radius 2 is 2.00 bits per heavy atom. The standard InChI is InChI=1S/C13H16N2O2/c16-12-3-1-2-9(4-12)13(17)15-7-10-5-14-6-11(10)8-15/h1-4,10-11,14,16H,5-8H2. The van der Waals surface area contributed by atoms with Gasteiger partial charge in [0.05, 0.1) is 0 Å². The molecule has 4 heteroatoms. The fourth-order valence-corrected chi connectivity index (χ4v) is 2.84. The highest BCUT2D eigenvalue weighted by Gasteiger charge is 2.38. The normalized spacial score (nSPS) is 27.2. The van der Waals surface area contributed by atoms with Crippen LogP contribution in [-0.2, 0) is 0 Å². The molecule has 1 aromatic carbocycles. The van der Waals surface area contributed by atoms with Crippen molar-refractivity contribution < 1.29 is 9.90 Å². The van der Waals surface area contributed by atoms with E-state index in [-0.39, 0.29) is 11.7 Å². The van der Waals surface area contributed by atoms with E-state index in [1.54, 1.807) is 18.2 Å². The summed E-state index contributed by atoms with van der Waals surface area (Å²) in [6.07, 6.45) is 0. The average Bonchev–Trinajstić information content (AvgIpc) is 2.88. The van der Waals surface area contributed by atoms with Crippen molar-refractivity contribution in [3.05, 3.63) is 29.8 Å². The summed E-state index contributed by atoms with van der Waals surface area (Å²) >= 11 is 0. The van der Waals surface area contributed by atoms with Crippen LogP contribution in [0.5, 0.6) is 5.75 Å². The number of benzene rings is 1. The van der Waals surface area contributed by atoms with Crippen molar-refractivity contribution in [3.63, 3.8) is 0 Å². The monoisotopic (exact) mass is 232 g/mol. The van der Waals surface area contributed by atoms with E-state index in [0.717, 1.165) is 26.2 Å². The maximum atomic E-state index is 12.2. The van der Waals surface area contributed by atoms with Crippen LogP contribution in [0, 0.1) is 11.8 Å². The lowest BCUT2D eigenvalue weighted by Gasteiger charge is -2.17. The van der Waals surface area contributed by atoms with E-state index in [0.29, 0.717) is 17.4 Å². The van der Waals surface area contributed by atoms with E-state index >= 15 is 0 Å². The minimum Gasteiger partial charge on any atom is -0.508 e. The zero-order chi connectivity index (χ0) is 11.8. The molecule has 2 heterocycles. The molecule has 2 unspecified atom stereocenters. The maximum absolute atomic E-state index is 12.2. The third-order valence-corrected chi connectivity index (χ3v) is 3.77. The number of aromatic hydroxyl groups is 1. The van der Waals surface area contributed by atoms with Crippen LogP contribution in [0.3, 0.4) is 0 Å². The van der Waals surface area contributed by atoms with Gasteiger partial charge in [0.15, 0.2) is 0 Å². The molecular weight excluding hydrogens is 216 g/mol. The summed E-state index contributed by atoms with van der Waals surface area (Å²) in [7, 11) is 0. The lowest BCUT2D eigenvalue weighted by Crippen LogP contribution is -2.31. The van der Waals surface area contributed by atoms with Crippen LogP contribution < -0.4 is 5.32 Å². The molecule has 0 spiro atoms. The summed E-state index contributed by atoms with van der Waals surface area (Å²) in [5, 5.41) is 12.7. The SMILES string of the molecule is O=C(c1cccc(O)c1)N1CC2CNCC2C1. The molecule has 2 saturated heterocycles. The summed E-state index contributed by atoms with van der Waals surface area (Å²) in [5.74, 6) is 1.40. The lowest BCUT2D eigenvalue weighted by molar-refractivity contribution is 0.0781. The van der Waals surface area contributed by atoms with Gasteiger partial charge in [-0.25, -0.2) is 0 Å². The highest BCUT2D eigenvalue weighted by molar-refractivity contribution is 5.94. The molecule has 0 radical (unpaired) electrons. The first-order chi connectivity index (χ1) is 8.24. The first kappa shape index (κ1) is 10.6. The Hall–Kier alpha value is -1.55. The van der Waals surface area contributed by atoms with Crippen LogP contribution >= 0.6 is 0 Å². The summed E-state index contributed by atoms with van der Waals surface area (Å²) in [4.78, 5) is 14.1. The third-order valence-electron chi connectivity index (χ3n) is 3.77. The van der Waals surface area contributed by atoms with Gasteiger partial charge in [-0.2, -0.15) is 0 Å². The molecule has 1 aromatic rings. The molecule has 2 N–H and O–H groups in total. The summed E-state index contributed by atoms with van der Waals surface area (Å²) in [5.41, 5.74) is 0.581. The number of carbonyl (C=O) groups is 1. The Balaban J connectivity index is 1.75. The number of phenols is 1. The van der Waals surface area contributed by atoms with Crippen molar-refractivity contribution in [3.8, 4) is 5.75 Å². The lowest BCUT2D eigenvalue weighted by atomic mass is 10.0. The third kappa shape index (κ3) is 1.89. The number of carbonyl (C=O) groups excluding carboxylic acids is 1. The van der Waals surface area contributed by atoms with E-state index in [4.69, 9.17) is 0 Å². The Kier molecular flexibility index (Phi) is 2.52. The zero-order valence-electron chi connectivity index (χ0n) is 9.60. The number of amides is 1. The molecule has 2 atom stereocenters. The minimum atomic E-state index is 0.0373. The second-order valence-corrected chi connectivity index (χ2v) is 4.94. The molecule has 2 aliphatic rings. The quantitative estimate of drug-likeness (QED) is 0.749. The second-order valence-electron chi connectivity index (χ2n) is 4.94. The predicted molar refractivity (Wildman–Crippen MR) is 63.9 cm³/mol. The summed E-state index contributed by atoms with van der Waals surface area (Å²) < 4.78 is 0. The number of fused-ring (bicyclic) bond motifs is 1. The molecule has 90 valence electrons. The van der Waals surface area contributed by atoms with Crippen molar-refractivity contribution >= 4 is 5.91 Å². The highest BCUT2D eigenvalue weighted by Crippen LogP contribution is 2.27. The summed E-state index contributed by atoms with van der Waals surface area (Å²) in [6.45, 7) is 3.72. The molecule has 1 amide bonds. The van der Waals surface area contributed by atoms with Crippen molar-refractivity contribution in [1.29, 1.82) is 0 Å². The van der Waals surface area contributed by atoms with Crippen molar-refractivity contribution in [2.45, 2.75) is 0 Å². The first-order valence-electron chi connectivity index (χ1n) is 6.03. The summed E-state index contributed by atoms with van der Waals surface area (Å²) in [6, 6.07) is 6.59. The largest absolute Gasteiger partial charge is 0.508 e. The van der Waals surface area contributed by atoms with Crippen LogP contribution in [0.1, 0.15) is 10.4 Å². The predicted octanol–water partition coefficient (Wildman–Crippen LogP) is 0.684. The molecule has 3 rings (SSSR count). The molecule has 0 bridgehead atoms. The molecular formula is C13H16N2O2. The highest BCUT2D eigenvalue weighted by atomic mass is 16.3. The molecule has 0 saturated carbocycles. The van der Waals surface area contributed by atoms with E-state index in [1.807, 2.05) is 4.90 Å². The fourth-order valence-electron chi connectivity index (χ4n) is 2.84. The van der Waals surface area contributed by atoms with E-state index in [2.05, 4.69) is 5.32 Å². The number of nitrogens with zero attached hydrogens (tertiary/aromatic N) is 1. The number of hydrogen-bond acceptors (Lipinski definition) is 3. The number of rotatable bonds is 1. The van der Waals surface area contributed by atoms with Crippen molar-refractivity contribution in [1.82, 2.24) is 10.2 Å². The minimum absolute atomic E-state index is 0.0373. The van der Waals surface area contributed by atoms with Gasteiger partial charge in [-0.05, 0) is 30.0 Å². The number of nitrogens with one attached hydrogen (secondary N) is 1. The van der Waals surface area contributed by atoms with Gasteiger partial charge in [0.2, 0.25) is 0 Å². The van der Waals surface area contributed by atoms with Crippen LogP contribution in [-0.4, -0.2) is 42.1 Å². The molecule has 2 aliphatic heterocycles. The smallest absolute Gasteiger partial charge is 0.254 e. The van der Waals surface area contributed by atoms with Gasteiger partial charge in [0, 0.05) is 31.7 Å². The Morgan fingerprint density at radius 3 is 2.65 bits per heavy atom. The van der Waals surface area contributed by atoms with Gasteiger partial charge in [-0.15, -0.1) is 0 Å². The van der Waals surface area contributed by atoms with Gasteiger partial charge in [0.25, 0.3) is 5.91 Å². The number of hydrogen-bond donors (Lipinski definition) is 2. The Labute approximate surface area is 100 Å². The van der Waals surface area contributed by atoms with Gasteiger partial charge in [-0.3, -0.25) is 4.79 Å². The Bertz CT molecular complexity index is 435. The second kappa shape index (κ2) is 4.04. The van der Waals surface area contributed by atoms with Gasteiger partial charge in [0.1, 0.15) is 5.75 Å². The van der Waals surface area contributed by atoms with Crippen LogP contribution in [0.25, 0.3) is 0 Å². The van der Waals surface area contributed by atoms with Gasteiger partial charge < -0.3 is 15.3 Å². The number of likely N-dealkylation sites (tertiary alicyclic amines) is 1. The van der Waals surface area contributed by atoms with Gasteiger partial charge in [-0.1, -0.05) is 6.07 Å². The number of phenolic OH excluding ortho intramolecular Hbond substituents is 1. The van der Waals surface area contributed by atoms with E-state index in [9.17, 15) is 9.90 Å². The molecule has 2 fully saturated rings. The zero-order valence-corrected chi connectivity index (χ0v) is 9.60.